The van der Waals surface area contributed by atoms with Gasteiger partial charge in [0, 0.05) is 31.9 Å². The maximum absolute atomic E-state index is 12.5. The van der Waals surface area contributed by atoms with E-state index in [1.165, 1.54) is 12.1 Å². The number of halogens is 3. The number of piperidine rings is 1. The van der Waals surface area contributed by atoms with Gasteiger partial charge in [-0.05, 0) is 43.5 Å². The van der Waals surface area contributed by atoms with E-state index in [4.69, 9.17) is 9.84 Å². The fourth-order valence-corrected chi connectivity index (χ4v) is 2.52. The van der Waals surface area contributed by atoms with Crippen LogP contribution in [0.25, 0.3) is 0 Å². The van der Waals surface area contributed by atoms with Crippen molar-refractivity contribution in [2.75, 3.05) is 26.3 Å². The molecule has 0 radical (unpaired) electrons. The lowest BCUT2D eigenvalue weighted by Gasteiger charge is -2.32. The molecule has 1 aliphatic rings. The summed E-state index contributed by atoms with van der Waals surface area (Å²) in [6, 6.07) is 4.29. The van der Waals surface area contributed by atoms with E-state index in [2.05, 4.69) is 0 Å². The molecular formula is C16H20F3NO3. The Morgan fingerprint density at radius 1 is 1.22 bits per heavy atom. The van der Waals surface area contributed by atoms with E-state index in [9.17, 15) is 18.0 Å². The number of ether oxygens (including phenoxy) is 1. The maximum Gasteiger partial charge on any atom is 0.416 e. The van der Waals surface area contributed by atoms with Crippen LogP contribution >= 0.6 is 0 Å². The van der Waals surface area contributed by atoms with Crippen LogP contribution < -0.4 is 0 Å². The Balaban J connectivity index is 1.87. The van der Waals surface area contributed by atoms with Gasteiger partial charge in [0.15, 0.2) is 0 Å². The fraction of sp³-hybridized carbons (Fsp3) is 0.562. The lowest BCUT2D eigenvalue weighted by atomic mass is 10.1. The molecule has 0 saturated carbocycles. The molecule has 23 heavy (non-hydrogen) atoms. The van der Waals surface area contributed by atoms with Gasteiger partial charge in [0.2, 0.25) is 0 Å². The lowest BCUT2D eigenvalue weighted by molar-refractivity contribution is -0.137. The summed E-state index contributed by atoms with van der Waals surface area (Å²) in [7, 11) is 0. The molecule has 0 aliphatic carbocycles. The van der Waals surface area contributed by atoms with Gasteiger partial charge in [-0.25, -0.2) is 0 Å². The molecule has 1 aromatic rings. The summed E-state index contributed by atoms with van der Waals surface area (Å²) in [5.74, 6) is -0.257. The van der Waals surface area contributed by atoms with Gasteiger partial charge in [-0.15, -0.1) is 0 Å². The first kappa shape index (κ1) is 17.7. The molecule has 0 atom stereocenters. The van der Waals surface area contributed by atoms with Crippen LogP contribution in [-0.2, 0) is 10.9 Å². The highest BCUT2D eigenvalue weighted by Gasteiger charge is 2.30. The van der Waals surface area contributed by atoms with Gasteiger partial charge in [0.1, 0.15) is 0 Å². The number of likely N-dealkylation sites (tertiary alicyclic amines) is 1. The molecule has 1 aromatic carbocycles. The lowest BCUT2D eigenvalue weighted by Crippen LogP contribution is -2.41. The molecule has 1 saturated heterocycles. The predicted octanol–water partition coefficient (Wildman–Crippen LogP) is 2.71. The van der Waals surface area contributed by atoms with E-state index < -0.39 is 11.7 Å². The van der Waals surface area contributed by atoms with Crippen LogP contribution in [0.4, 0.5) is 13.2 Å². The number of benzene rings is 1. The number of rotatable bonds is 5. The van der Waals surface area contributed by atoms with Crippen LogP contribution in [0, 0.1) is 0 Å². The van der Waals surface area contributed by atoms with Crippen molar-refractivity contribution < 1.29 is 27.8 Å². The molecule has 0 spiro atoms. The second kappa shape index (κ2) is 7.79. The summed E-state index contributed by atoms with van der Waals surface area (Å²) < 4.78 is 43.2. The van der Waals surface area contributed by atoms with E-state index in [0.717, 1.165) is 12.1 Å². The minimum Gasteiger partial charge on any atom is -0.396 e. The first-order valence-electron chi connectivity index (χ1n) is 7.61. The zero-order valence-electron chi connectivity index (χ0n) is 12.7. The van der Waals surface area contributed by atoms with Crippen molar-refractivity contribution in [3.8, 4) is 0 Å². The molecule has 1 aliphatic heterocycles. The third-order valence-electron chi connectivity index (χ3n) is 3.84. The number of aliphatic hydroxyl groups excluding tert-OH is 1. The van der Waals surface area contributed by atoms with E-state index in [-0.39, 0.29) is 24.2 Å². The standard InChI is InChI=1S/C16H20F3NO3/c17-16(18,19)13-4-2-12(3-5-13)15(22)20-8-6-14(7-9-20)23-11-1-10-21/h2-5,14,21H,1,6-11H2. The SMILES string of the molecule is O=C(c1ccc(C(F)(F)F)cc1)N1CCC(OCCCO)CC1. The Labute approximate surface area is 132 Å². The number of alkyl halides is 3. The van der Waals surface area contributed by atoms with Gasteiger partial charge < -0.3 is 14.7 Å². The summed E-state index contributed by atoms with van der Waals surface area (Å²) in [4.78, 5) is 13.9. The van der Waals surface area contributed by atoms with Crippen molar-refractivity contribution in [1.82, 2.24) is 4.90 Å². The Morgan fingerprint density at radius 3 is 2.35 bits per heavy atom. The molecule has 1 amide bonds. The summed E-state index contributed by atoms with van der Waals surface area (Å²) in [6.45, 7) is 1.62. The van der Waals surface area contributed by atoms with Gasteiger partial charge in [-0.2, -0.15) is 13.2 Å². The normalized spacial score (nSPS) is 16.6. The summed E-state index contributed by atoms with van der Waals surface area (Å²) in [5, 5.41) is 8.70. The largest absolute Gasteiger partial charge is 0.416 e. The van der Waals surface area contributed by atoms with E-state index in [1.807, 2.05) is 0 Å². The van der Waals surface area contributed by atoms with Crippen LogP contribution in [0.15, 0.2) is 24.3 Å². The average Bonchev–Trinajstić information content (AvgIpc) is 2.54. The summed E-state index contributed by atoms with van der Waals surface area (Å²) in [5.41, 5.74) is -0.498. The monoisotopic (exact) mass is 331 g/mol. The average molecular weight is 331 g/mol. The van der Waals surface area contributed by atoms with Gasteiger partial charge in [0.25, 0.3) is 5.91 Å². The van der Waals surface area contributed by atoms with Crippen molar-refractivity contribution in [1.29, 1.82) is 0 Å². The summed E-state index contributed by atoms with van der Waals surface area (Å²) in [6.07, 6.45) is -2.36. The van der Waals surface area contributed by atoms with Crippen LogP contribution in [-0.4, -0.2) is 48.3 Å². The van der Waals surface area contributed by atoms with Gasteiger partial charge in [-0.3, -0.25) is 4.79 Å². The zero-order chi connectivity index (χ0) is 16.9. The zero-order valence-corrected chi connectivity index (χ0v) is 12.7. The Morgan fingerprint density at radius 2 is 1.83 bits per heavy atom. The molecule has 4 nitrogen and oxygen atoms in total. The number of hydrogen-bond acceptors (Lipinski definition) is 3. The van der Waals surface area contributed by atoms with Gasteiger partial charge in [-0.1, -0.05) is 0 Å². The van der Waals surface area contributed by atoms with E-state index in [1.54, 1.807) is 4.90 Å². The number of aliphatic hydroxyl groups is 1. The van der Waals surface area contributed by atoms with E-state index in [0.29, 0.717) is 39.0 Å². The molecule has 1 fully saturated rings. The maximum atomic E-state index is 12.5. The molecule has 0 bridgehead atoms. The third-order valence-corrected chi connectivity index (χ3v) is 3.84. The fourth-order valence-electron chi connectivity index (χ4n) is 2.52. The Hall–Kier alpha value is -1.60. The highest BCUT2D eigenvalue weighted by Crippen LogP contribution is 2.29. The molecule has 1 heterocycles. The molecule has 2 rings (SSSR count). The summed E-state index contributed by atoms with van der Waals surface area (Å²) >= 11 is 0. The second-order valence-corrected chi connectivity index (χ2v) is 5.51. The van der Waals surface area contributed by atoms with Crippen LogP contribution in [0.5, 0.6) is 0 Å². The molecule has 0 unspecified atom stereocenters. The first-order chi connectivity index (χ1) is 10.9. The molecule has 1 N–H and O–H groups in total. The molecular weight excluding hydrogens is 311 g/mol. The van der Waals surface area contributed by atoms with Crippen molar-refractivity contribution in [2.45, 2.75) is 31.5 Å². The van der Waals surface area contributed by atoms with Crippen LogP contribution in [0.3, 0.4) is 0 Å². The number of hydrogen-bond donors (Lipinski definition) is 1. The van der Waals surface area contributed by atoms with Crippen LogP contribution in [0.2, 0.25) is 0 Å². The molecule has 128 valence electrons. The number of carbonyl (C=O) groups excluding carboxylic acids is 1. The highest BCUT2D eigenvalue weighted by atomic mass is 19.4. The van der Waals surface area contributed by atoms with Crippen molar-refractivity contribution in [3.63, 3.8) is 0 Å². The van der Waals surface area contributed by atoms with Gasteiger partial charge in [0.05, 0.1) is 11.7 Å². The predicted molar refractivity (Wildman–Crippen MR) is 78.0 cm³/mol. The number of carbonyl (C=O) groups is 1. The molecule has 7 heteroatoms. The topological polar surface area (TPSA) is 49.8 Å². The first-order valence-corrected chi connectivity index (χ1v) is 7.61. The minimum absolute atomic E-state index is 0.0678. The third kappa shape index (κ3) is 4.94. The van der Waals surface area contributed by atoms with Crippen LogP contribution in [0.1, 0.15) is 35.2 Å². The van der Waals surface area contributed by atoms with Crippen molar-refractivity contribution in [3.05, 3.63) is 35.4 Å². The number of nitrogens with zero attached hydrogens (tertiary/aromatic N) is 1. The quantitative estimate of drug-likeness (QED) is 0.844. The minimum atomic E-state index is -4.40. The van der Waals surface area contributed by atoms with Crippen molar-refractivity contribution in [2.24, 2.45) is 0 Å². The Kier molecular flexibility index (Phi) is 6.01. The molecule has 0 aromatic heterocycles. The number of amides is 1. The highest BCUT2D eigenvalue weighted by molar-refractivity contribution is 5.94. The Bertz CT molecular complexity index is 508. The smallest absolute Gasteiger partial charge is 0.396 e. The van der Waals surface area contributed by atoms with Crippen molar-refractivity contribution >= 4 is 5.91 Å². The van der Waals surface area contributed by atoms with Gasteiger partial charge >= 0.3 is 6.18 Å². The second-order valence-electron chi connectivity index (χ2n) is 5.51. The van der Waals surface area contributed by atoms with E-state index >= 15 is 0 Å².